The van der Waals surface area contributed by atoms with Crippen LogP contribution in [-0.4, -0.2) is 27.8 Å². The summed E-state index contributed by atoms with van der Waals surface area (Å²) in [5.74, 6) is -1.73. The topological polar surface area (TPSA) is 116 Å². The van der Waals surface area contributed by atoms with E-state index < -0.39 is 17.4 Å². The summed E-state index contributed by atoms with van der Waals surface area (Å²) in [5, 5.41) is 11.5. The fraction of sp³-hybridized carbons (Fsp3) is 0.300. The molecule has 140 valence electrons. The van der Waals surface area contributed by atoms with Crippen LogP contribution < -0.4 is 10.9 Å². The number of hydrogen-bond donors (Lipinski definition) is 3. The number of aliphatic carboxylic acids is 1. The quantitative estimate of drug-likeness (QED) is 0.766. The summed E-state index contributed by atoms with van der Waals surface area (Å²) in [6.07, 6.45) is 0.736. The highest BCUT2D eigenvalue weighted by atomic mass is 16.4. The summed E-state index contributed by atoms with van der Waals surface area (Å²) in [5.41, 5.74) is 0.894. The molecule has 0 unspecified atom stereocenters. The molecule has 0 aliphatic heterocycles. The van der Waals surface area contributed by atoms with Crippen LogP contribution in [0.2, 0.25) is 0 Å². The molecular weight excluding hydrogens is 348 g/mol. The Morgan fingerprint density at radius 1 is 1.19 bits per heavy atom. The minimum Gasteiger partial charge on any atom is -0.481 e. The zero-order valence-electron chi connectivity index (χ0n) is 15.1. The van der Waals surface area contributed by atoms with Crippen LogP contribution in [0, 0.1) is 5.41 Å². The molecule has 0 atom stereocenters. The van der Waals surface area contributed by atoms with Gasteiger partial charge in [-0.15, -0.1) is 0 Å². The molecule has 1 aliphatic rings. The number of anilines is 1. The second-order valence-corrected chi connectivity index (χ2v) is 7.57. The van der Waals surface area contributed by atoms with Crippen molar-refractivity contribution in [1.29, 1.82) is 0 Å². The average Bonchev–Trinajstić information content (AvgIpc) is 2.52. The number of ketones is 1. The van der Waals surface area contributed by atoms with Gasteiger partial charge in [0, 0.05) is 23.4 Å². The minimum atomic E-state index is -0.981. The van der Waals surface area contributed by atoms with E-state index in [1.807, 2.05) is 13.8 Å². The molecule has 0 spiro atoms. The SMILES string of the molecule is CC1(C)CC(=O)c2cc(C(=O)Nc3cccc(CC(=O)O)c3)c(=O)[nH]c2C1. The molecule has 0 saturated heterocycles. The van der Waals surface area contributed by atoms with Gasteiger partial charge < -0.3 is 15.4 Å². The third-order valence-corrected chi connectivity index (χ3v) is 4.50. The molecule has 7 nitrogen and oxygen atoms in total. The van der Waals surface area contributed by atoms with E-state index in [4.69, 9.17) is 5.11 Å². The molecule has 1 aromatic carbocycles. The Morgan fingerprint density at radius 3 is 2.63 bits per heavy atom. The Kier molecular flexibility index (Phi) is 4.70. The van der Waals surface area contributed by atoms with Crippen molar-refractivity contribution < 1.29 is 19.5 Å². The molecule has 2 aromatic rings. The van der Waals surface area contributed by atoms with Crippen LogP contribution in [0.3, 0.4) is 0 Å². The number of amides is 1. The number of hydrogen-bond acceptors (Lipinski definition) is 4. The van der Waals surface area contributed by atoms with E-state index in [1.54, 1.807) is 18.2 Å². The van der Waals surface area contributed by atoms with Crippen LogP contribution in [-0.2, 0) is 17.6 Å². The van der Waals surface area contributed by atoms with Crippen molar-refractivity contribution in [2.45, 2.75) is 33.1 Å². The van der Waals surface area contributed by atoms with Crippen molar-refractivity contribution in [2.75, 3.05) is 5.32 Å². The van der Waals surface area contributed by atoms with Gasteiger partial charge in [-0.25, -0.2) is 0 Å². The van der Waals surface area contributed by atoms with E-state index in [0.29, 0.717) is 35.3 Å². The van der Waals surface area contributed by atoms with Gasteiger partial charge in [-0.05, 0) is 35.6 Å². The molecule has 1 heterocycles. The number of carbonyl (C=O) groups is 3. The third-order valence-electron chi connectivity index (χ3n) is 4.50. The van der Waals surface area contributed by atoms with Crippen LogP contribution in [0.15, 0.2) is 35.1 Å². The van der Waals surface area contributed by atoms with Crippen LogP contribution >= 0.6 is 0 Å². The first-order chi connectivity index (χ1) is 12.6. The highest BCUT2D eigenvalue weighted by molar-refractivity contribution is 6.06. The molecule has 3 N–H and O–H groups in total. The lowest BCUT2D eigenvalue weighted by atomic mass is 9.75. The summed E-state index contributed by atoms with van der Waals surface area (Å²) in [7, 11) is 0. The first-order valence-corrected chi connectivity index (χ1v) is 8.56. The van der Waals surface area contributed by atoms with Gasteiger partial charge in [0.25, 0.3) is 11.5 Å². The second kappa shape index (κ2) is 6.83. The molecule has 0 saturated carbocycles. The van der Waals surface area contributed by atoms with E-state index in [9.17, 15) is 19.2 Å². The van der Waals surface area contributed by atoms with E-state index in [-0.39, 0.29) is 23.2 Å². The lowest BCUT2D eigenvalue weighted by molar-refractivity contribution is -0.136. The normalized spacial score (nSPS) is 15.1. The maximum absolute atomic E-state index is 12.5. The highest BCUT2D eigenvalue weighted by Crippen LogP contribution is 2.33. The number of H-pyrrole nitrogens is 1. The molecule has 1 amide bonds. The number of carboxylic acids is 1. The van der Waals surface area contributed by atoms with E-state index in [2.05, 4.69) is 10.3 Å². The minimum absolute atomic E-state index is 0.102. The largest absolute Gasteiger partial charge is 0.481 e. The van der Waals surface area contributed by atoms with Gasteiger partial charge in [0.15, 0.2) is 5.78 Å². The lowest BCUT2D eigenvalue weighted by Gasteiger charge is -2.29. The van der Waals surface area contributed by atoms with Crippen molar-refractivity contribution in [3.63, 3.8) is 0 Å². The summed E-state index contributed by atoms with van der Waals surface area (Å²) in [4.78, 5) is 50.7. The van der Waals surface area contributed by atoms with E-state index in [1.165, 1.54) is 12.1 Å². The molecule has 1 aromatic heterocycles. The fourth-order valence-corrected chi connectivity index (χ4v) is 3.33. The number of aromatic amines is 1. The third kappa shape index (κ3) is 4.13. The number of nitrogens with one attached hydrogen (secondary N) is 2. The van der Waals surface area contributed by atoms with Crippen LogP contribution in [0.1, 0.15) is 52.2 Å². The predicted molar refractivity (Wildman–Crippen MR) is 99.2 cm³/mol. The van der Waals surface area contributed by atoms with Crippen molar-refractivity contribution in [1.82, 2.24) is 4.98 Å². The number of pyridine rings is 1. The number of carbonyl (C=O) groups excluding carboxylic acids is 2. The number of benzene rings is 1. The second-order valence-electron chi connectivity index (χ2n) is 7.57. The Morgan fingerprint density at radius 2 is 1.93 bits per heavy atom. The molecular formula is C20H20N2O5. The number of carboxylic acid groups (broad SMARTS) is 1. The van der Waals surface area contributed by atoms with Gasteiger partial charge in [0.2, 0.25) is 0 Å². The fourth-order valence-electron chi connectivity index (χ4n) is 3.33. The standard InChI is InChI=1S/C20H20N2O5/c1-20(2)9-15-13(16(23)10-20)8-14(19(27)22-15)18(26)21-12-5-3-4-11(6-12)7-17(24)25/h3-6,8H,7,9-10H2,1-2H3,(H,21,26)(H,22,27)(H,24,25). The van der Waals surface area contributed by atoms with Crippen molar-refractivity contribution >= 4 is 23.3 Å². The molecule has 27 heavy (non-hydrogen) atoms. The number of Topliss-reactive ketones (excluding diaryl/α,β-unsaturated/α-hetero) is 1. The monoisotopic (exact) mass is 368 g/mol. The van der Waals surface area contributed by atoms with Gasteiger partial charge in [-0.3, -0.25) is 19.2 Å². The molecule has 0 fully saturated rings. The van der Waals surface area contributed by atoms with Crippen molar-refractivity contribution in [3.8, 4) is 0 Å². The van der Waals surface area contributed by atoms with E-state index in [0.717, 1.165) is 0 Å². The first-order valence-electron chi connectivity index (χ1n) is 8.56. The smallest absolute Gasteiger partial charge is 0.307 e. The van der Waals surface area contributed by atoms with E-state index >= 15 is 0 Å². The number of rotatable bonds is 4. The number of aromatic nitrogens is 1. The van der Waals surface area contributed by atoms with Crippen LogP contribution in [0.25, 0.3) is 0 Å². The first kappa shape index (κ1) is 18.6. The summed E-state index contributed by atoms with van der Waals surface area (Å²) >= 11 is 0. The Hall–Kier alpha value is -3.22. The zero-order chi connectivity index (χ0) is 19.8. The summed E-state index contributed by atoms with van der Waals surface area (Å²) < 4.78 is 0. The molecule has 3 rings (SSSR count). The lowest BCUT2D eigenvalue weighted by Crippen LogP contribution is -2.32. The molecule has 7 heteroatoms. The van der Waals surface area contributed by atoms with Crippen molar-refractivity contribution in [3.05, 3.63) is 63.1 Å². The van der Waals surface area contributed by atoms with Crippen LogP contribution in [0.4, 0.5) is 5.69 Å². The Balaban J connectivity index is 1.88. The average molecular weight is 368 g/mol. The summed E-state index contributed by atoms with van der Waals surface area (Å²) in [6, 6.07) is 7.74. The summed E-state index contributed by atoms with van der Waals surface area (Å²) in [6.45, 7) is 3.91. The predicted octanol–water partition coefficient (Wildman–Crippen LogP) is 2.41. The van der Waals surface area contributed by atoms with Gasteiger partial charge in [-0.2, -0.15) is 0 Å². The molecule has 0 bridgehead atoms. The maximum atomic E-state index is 12.5. The number of fused-ring (bicyclic) bond motifs is 1. The van der Waals surface area contributed by atoms with Crippen molar-refractivity contribution in [2.24, 2.45) is 5.41 Å². The van der Waals surface area contributed by atoms with Gasteiger partial charge in [0.1, 0.15) is 5.56 Å². The molecule has 1 aliphatic carbocycles. The Bertz CT molecular complexity index is 1000. The highest BCUT2D eigenvalue weighted by Gasteiger charge is 2.32. The zero-order valence-corrected chi connectivity index (χ0v) is 15.1. The van der Waals surface area contributed by atoms with Crippen LogP contribution in [0.5, 0.6) is 0 Å². The van der Waals surface area contributed by atoms with Gasteiger partial charge >= 0.3 is 5.97 Å². The maximum Gasteiger partial charge on any atom is 0.307 e. The van der Waals surface area contributed by atoms with Gasteiger partial charge in [-0.1, -0.05) is 26.0 Å². The molecule has 0 radical (unpaired) electrons. The van der Waals surface area contributed by atoms with Gasteiger partial charge in [0.05, 0.1) is 6.42 Å². The Labute approximate surface area is 155 Å².